The van der Waals surface area contributed by atoms with E-state index in [1.807, 2.05) is 24.3 Å². The Hall–Kier alpha value is -2.19. The fourth-order valence-corrected chi connectivity index (χ4v) is 2.27. The van der Waals surface area contributed by atoms with E-state index in [1.165, 1.54) is 6.33 Å². The normalized spacial score (nSPS) is 12.5. The predicted molar refractivity (Wildman–Crippen MR) is 82.1 cm³/mol. The van der Waals surface area contributed by atoms with Crippen molar-refractivity contribution in [2.45, 2.75) is 6.04 Å². The smallest absolute Gasteiger partial charge is 0.278 e. The maximum atomic E-state index is 11.8. The summed E-state index contributed by atoms with van der Waals surface area (Å²) >= 11 is 3.36. The third-order valence-electron chi connectivity index (χ3n) is 3.06. The van der Waals surface area contributed by atoms with Gasteiger partial charge < -0.3 is 15.4 Å². The highest BCUT2D eigenvalue weighted by molar-refractivity contribution is 9.10. The van der Waals surface area contributed by atoms with E-state index in [2.05, 4.69) is 41.2 Å². The van der Waals surface area contributed by atoms with Gasteiger partial charge in [-0.05, 0) is 17.7 Å². The van der Waals surface area contributed by atoms with Crippen LogP contribution in [0.15, 0.2) is 39.9 Å². The number of nitrogens with one attached hydrogen (secondary N) is 3. The van der Waals surface area contributed by atoms with Gasteiger partial charge in [-0.1, -0.05) is 28.1 Å². The summed E-state index contributed by atoms with van der Waals surface area (Å²) in [5, 5.41) is 12.5. The van der Waals surface area contributed by atoms with Crippen LogP contribution >= 0.6 is 15.9 Å². The molecule has 1 aromatic carbocycles. The molecule has 4 N–H and O–H groups in total. The number of fused-ring (bicyclic) bond motifs is 1. The first-order chi connectivity index (χ1) is 10.2. The van der Waals surface area contributed by atoms with Crippen molar-refractivity contribution in [3.05, 3.63) is 51.0 Å². The standard InChI is InChI=1S/C13H12BrN5O2/c14-8-3-1-7(2-4-8)9(5-20)17-13-18-11-10(12(21)19-13)15-6-16-11/h1-4,6,9,20H,5H2,(H3,15,16,17,18,19,21)/t9-/m1/s1. The quantitative estimate of drug-likeness (QED) is 0.571. The monoisotopic (exact) mass is 349 g/mol. The first-order valence-corrected chi connectivity index (χ1v) is 7.03. The van der Waals surface area contributed by atoms with E-state index >= 15 is 0 Å². The molecule has 0 aliphatic heterocycles. The Balaban J connectivity index is 1.91. The van der Waals surface area contributed by atoms with E-state index < -0.39 is 0 Å². The van der Waals surface area contributed by atoms with Crippen LogP contribution in [0.25, 0.3) is 11.2 Å². The van der Waals surface area contributed by atoms with E-state index in [9.17, 15) is 9.90 Å². The summed E-state index contributed by atoms with van der Waals surface area (Å²) in [5.41, 5.74) is 1.22. The van der Waals surface area contributed by atoms with Crippen LogP contribution in [0.2, 0.25) is 0 Å². The van der Waals surface area contributed by atoms with Crippen molar-refractivity contribution in [1.29, 1.82) is 0 Å². The molecular weight excluding hydrogens is 338 g/mol. The molecule has 0 aliphatic rings. The van der Waals surface area contributed by atoms with Gasteiger partial charge in [0.2, 0.25) is 5.95 Å². The number of rotatable bonds is 4. The number of aliphatic hydroxyl groups is 1. The van der Waals surface area contributed by atoms with E-state index in [0.29, 0.717) is 11.2 Å². The zero-order chi connectivity index (χ0) is 14.8. The Labute approximate surface area is 127 Å². The fraction of sp³-hybridized carbons (Fsp3) is 0.154. The summed E-state index contributed by atoms with van der Waals surface area (Å²) in [7, 11) is 0. The van der Waals surface area contributed by atoms with Crippen molar-refractivity contribution < 1.29 is 5.11 Å². The average Bonchev–Trinajstić information content (AvgIpc) is 2.95. The lowest BCUT2D eigenvalue weighted by Crippen LogP contribution is -2.19. The fourth-order valence-electron chi connectivity index (χ4n) is 2.01. The first kappa shape index (κ1) is 13.8. The van der Waals surface area contributed by atoms with Crippen LogP contribution < -0.4 is 10.9 Å². The molecule has 3 rings (SSSR count). The van der Waals surface area contributed by atoms with Crippen LogP contribution in [0.4, 0.5) is 5.95 Å². The maximum Gasteiger partial charge on any atom is 0.278 e. The third-order valence-corrected chi connectivity index (χ3v) is 3.59. The molecule has 0 bridgehead atoms. The summed E-state index contributed by atoms with van der Waals surface area (Å²) < 4.78 is 0.951. The number of aliphatic hydroxyl groups excluding tert-OH is 1. The number of H-pyrrole nitrogens is 2. The molecule has 0 saturated heterocycles. The SMILES string of the molecule is O=c1[nH]c(N[C@H](CO)c2ccc(Br)cc2)nc2nc[nH]c12. The second-order valence-electron chi connectivity index (χ2n) is 4.45. The summed E-state index contributed by atoms with van der Waals surface area (Å²) in [6.07, 6.45) is 1.41. The molecule has 0 unspecified atom stereocenters. The first-order valence-electron chi connectivity index (χ1n) is 6.23. The van der Waals surface area contributed by atoms with Gasteiger partial charge in [-0.25, -0.2) is 4.98 Å². The molecule has 0 fully saturated rings. The number of benzene rings is 1. The summed E-state index contributed by atoms with van der Waals surface area (Å²) in [6, 6.07) is 7.14. The number of aromatic amines is 2. The van der Waals surface area contributed by atoms with Crippen molar-refractivity contribution in [2.75, 3.05) is 11.9 Å². The highest BCUT2D eigenvalue weighted by Crippen LogP contribution is 2.19. The van der Waals surface area contributed by atoms with Crippen molar-refractivity contribution in [3.8, 4) is 0 Å². The van der Waals surface area contributed by atoms with Crippen molar-refractivity contribution in [2.24, 2.45) is 0 Å². The molecule has 0 amide bonds. The molecule has 2 aromatic heterocycles. The van der Waals surface area contributed by atoms with Gasteiger partial charge in [0.05, 0.1) is 19.0 Å². The Morgan fingerprint density at radius 1 is 1.33 bits per heavy atom. The minimum atomic E-state index is -0.377. The number of aromatic nitrogens is 4. The van der Waals surface area contributed by atoms with Gasteiger partial charge in [0.1, 0.15) is 0 Å². The van der Waals surface area contributed by atoms with E-state index in [0.717, 1.165) is 10.0 Å². The van der Waals surface area contributed by atoms with Crippen molar-refractivity contribution >= 4 is 33.0 Å². The molecule has 3 aromatic rings. The van der Waals surface area contributed by atoms with Crippen LogP contribution in [0, 0.1) is 0 Å². The second kappa shape index (κ2) is 5.66. The molecule has 0 saturated carbocycles. The molecule has 0 aliphatic carbocycles. The lowest BCUT2D eigenvalue weighted by Gasteiger charge is -2.16. The van der Waals surface area contributed by atoms with Gasteiger partial charge in [-0.2, -0.15) is 4.98 Å². The lowest BCUT2D eigenvalue weighted by atomic mass is 10.1. The highest BCUT2D eigenvalue weighted by atomic mass is 79.9. The number of halogens is 1. The summed E-state index contributed by atoms with van der Waals surface area (Å²) in [4.78, 5) is 25.3. The largest absolute Gasteiger partial charge is 0.394 e. The van der Waals surface area contributed by atoms with Crippen LogP contribution in [-0.4, -0.2) is 31.6 Å². The van der Waals surface area contributed by atoms with Crippen LogP contribution in [0.1, 0.15) is 11.6 Å². The predicted octanol–water partition coefficient (Wildman–Crippen LogP) is 1.55. The molecular formula is C13H12BrN5O2. The Morgan fingerprint density at radius 3 is 2.81 bits per heavy atom. The number of hydrogen-bond acceptors (Lipinski definition) is 5. The molecule has 21 heavy (non-hydrogen) atoms. The van der Waals surface area contributed by atoms with Crippen molar-refractivity contribution in [3.63, 3.8) is 0 Å². The van der Waals surface area contributed by atoms with E-state index in [-0.39, 0.29) is 24.2 Å². The minimum Gasteiger partial charge on any atom is -0.394 e. The number of hydrogen-bond donors (Lipinski definition) is 4. The number of imidazole rings is 1. The van der Waals surface area contributed by atoms with Gasteiger partial charge in [0, 0.05) is 4.47 Å². The number of nitrogens with zero attached hydrogens (tertiary/aromatic N) is 2. The van der Waals surface area contributed by atoms with E-state index in [1.54, 1.807) is 0 Å². The van der Waals surface area contributed by atoms with Gasteiger partial charge in [-0.15, -0.1) is 0 Å². The van der Waals surface area contributed by atoms with E-state index in [4.69, 9.17) is 0 Å². The van der Waals surface area contributed by atoms with Gasteiger partial charge in [0.15, 0.2) is 11.2 Å². The zero-order valence-electron chi connectivity index (χ0n) is 10.8. The van der Waals surface area contributed by atoms with Crippen LogP contribution in [0.3, 0.4) is 0 Å². The molecule has 0 spiro atoms. The van der Waals surface area contributed by atoms with Crippen molar-refractivity contribution in [1.82, 2.24) is 19.9 Å². The second-order valence-corrected chi connectivity index (χ2v) is 5.36. The molecule has 8 heteroatoms. The highest BCUT2D eigenvalue weighted by Gasteiger charge is 2.13. The maximum absolute atomic E-state index is 11.8. The average molecular weight is 350 g/mol. The Bertz CT molecular complexity index is 811. The lowest BCUT2D eigenvalue weighted by molar-refractivity contribution is 0.276. The summed E-state index contributed by atoms with van der Waals surface area (Å²) in [6.45, 7) is -0.135. The Kier molecular flexibility index (Phi) is 3.72. The van der Waals surface area contributed by atoms with Crippen LogP contribution in [0.5, 0.6) is 0 Å². The minimum absolute atomic E-state index is 0.135. The third kappa shape index (κ3) is 2.81. The van der Waals surface area contributed by atoms with Gasteiger partial charge in [0.25, 0.3) is 5.56 Å². The zero-order valence-corrected chi connectivity index (χ0v) is 12.4. The molecule has 0 radical (unpaired) electrons. The summed E-state index contributed by atoms with van der Waals surface area (Å²) in [5.74, 6) is 0.265. The molecule has 108 valence electrons. The molecule has 7 nitrogen and oxygen atoms in total. The molecule has 1 atom stereocenters. The van der Waals surface area contributed by atoms with Gasteiger partial charge in [-0.3, -0.25) is 9.78 Å². The molecule has 2 heterocycles. The van der Waals surface area contributed by atoms with Gasteiger partial charge >= 0.3 is 0 Å². The Morgan fingerprint density at radius 2 is 2.10 bits per heavy atom. The van der Waals surface area contributed by atoms with Crippen LogP contribution in [-0.2, 0) is 0 Å². The number of anilines is 1. The topological polar surface area (TPSA) is 107 Å².